The van der Waals surface area contributed by atoms with Gasteiger partial charge in [0.05, 0.1) is 12.3 Å². The molecular weight excluding hydrogens is 174 g/mol. The van der Waals surface area contributed by atoms with E-state index in [4.69, 9.17) is 15.0 Å². The number of hydrogen-bond acceptors (Lipinski definition) is 4. The number of hydrogen-bond donors (Lipinski definition) is 0. The highest BCUT2D eigenvalue weighted by molar-refractivity contribution is 5.66. The van der Waals surface area contributed by atoms with Crippen molar-refractivity contribution in [3.63, 3.8) is 0 Å². The quantitative estimate of drug-likeness (QED) is 0.278. The summed E-state index contributed by atoms with van der Waals surface area (Å²) in [5.74, 6) is -0.415. The van der Waals surface area contributed by atoms with Crippen molar-refractivity contribution in [3.8, 4) is 0 Å². The Labute approximate surface area is 74.8 Å². The van der Waals surface area contributed by atoms with Crippen LogP contribution < -0.4 is 0 Å². The number of azide groups is 1. The van der Waals surface area contributed by atoms with E-state index < -0.39 is 18.1 Å². The van der Waals surface area contributed by atoms with E-state index in [-0.39, 0.29) is 6.61 Å². The Bertz CT molecular complexity index is 270. The lowest BCUT2D eigenvalue weighted by Crippen LogP contribution is -2.34. The first-order valence-electron chi connectivity index (χ1n) is 3.73. The molecule has 1 aliphatic heterocycles. The zero-order chi connectivity index (χ0) is 9.68. The lowest BCUT2D eigenvalue weighted by Gasteiger charge is -2.23. The summed E-state index contributed by atoms with van der Waals surface area (Å²) in [5, 5.41) is 3.45. The van der Waals surface area contributed by atoms with Crippen molar-refractivity contribution < 1.29 is 14.3 Å². The van der Waals surface area contributed by atoms with Crippen LogP contribution >= 0.6 is 0 Å². The largest absolute Gasteiger partial charge is 0.498 e. The molecule has 0 N–H and O–H groups in total. The van der Waals surface area contributed by atoms with Gasteiger partial charge in [0, 0.05) is 11.8 Å². The number of carbonyl (C=O) groups excluding carboxylic acids is 1. The van der Waals surface area contributed by atoms with Crippen LogP contribution in [0.4, 0.5) is 0 Å². The molecule has 2 atom stereocenters. The molecule has 0 amide bonds. The molecule has 1 heterocycles. The summed E-state index contributed by atoms with van der Waals surface area (Å²) in [4.78, 5) is 13.3. The normalized spacial score (nSPS) is 25.6. The Balaban J connectivity index is 2.65. The van der Waals surface area contributed by atoms with Crippen LogP contribution in [0.1, 0.15) is 6.92 Å². The smallest absolute Gasteiger partial charge is 0.303 e. The van der Waals surface area contributed by atoms with Crippen molar-refractivity contribution in [2.45, 2.75) is 19.1 Å². The third-order valence-electron chi connectivity index (χ3n) is 1.52. The standard InChI is InChI=1S/C7H9N3O3/c1-5(11)13-7-4-12-3-2-6(7)9-10-8/h2-3,6-7H,4H2,1H3/t6-,7+/m0/s1. The fourth-order valence-electron chi connectivity index (χ4n) is 0.998. The highest BCUT2D eigenvalue weighted by atomic mass is 16.6. The molecule has 0 bridgehead atoms. The van der Waals surface area contributed by atoms with Crippen LogP contribution in [-0.2, 0) is 14.3 Å². The van der Waals surface area contributed by atoms with Gasteiger partial charge in [0.15, 0.2) is 0 Å². The van der Waals surface area contributed by atoms with Gasteiger partial charge < -0.3 is 9.47 Å². The lowest BCUT2D eigenvalue weighted by atomic mass is 10.1. The van der Waals surface area contributed by atoms with E-state index in [0.29, 0.717) is 0 Å². The molecule has 6 heteroatoms. The first-order valence-corrected chi connectivity index (χ1v) is 3.73. The Morgan fingerprint density at radius 1 is 1.85 bits per heavy atom. The van der Waals surface area contributed by atoms with Gasteiger partial charge in [-0.15, -0.1) is 0 Å². The number of esters is 1. The Morgan fingerprint density at radius 3 is 3.23 bits per heavy atom. The maximum absolute atomic E-state index is 10.6. The second-order valence-electron chi connectivity index (χ2n) is 2.51. The summed E-state index contributed by atoms with van der Waals surface area (Å²) in [6.07, 6.45) is 2.47. The van der Waals surface area contributed by atoms with Crippen molar-refractivity contribution in [3.05, 3.63) is 22.8 Å². The fourth-order valence-corrected chi connectivity index (χ4v) is 0.998. The summed E-state index contributed by atoms with van der Waals surface area (Å²) in [5.41, 5.74) is 8.21. The van der Waals surface area contributed by atoms with Crippen LogP contribution in [0.15, 0.2) is 17.5 Å². The number of rotatable bonds is 2. The molecule has 6 nitrogen and oxygen atoms in total. The van der Waals surface area contributed by atoms with E-state index >= 15 is 0 Å². The maximum atomic E-state index is 10.6. The predicted molar refractivity (Wildman–Crippen MR) is 43.6 cm³/mol. The second-order valence-corrected chi connectivity index (χ2v) is 2.51. The van der Waals surface area contributed by atoms with Gasteiger partial charge in [-0.2, -0.15) is 0 Å². The van der Waals surface area contributed by atoms with Gasteiger partial charge in [0.2, 0.25) is 0 Å². The van der Waals surface area contributed by atoms with E-state index in [1.165, 1.54) is 13.2 Å². The molecule has 0 unspecified atom stereocenters. The molecule has 0 spiro atoms. The molecule has 1 aliphatic rings. The van der Waals surface area contributed by atoms with E-state index in [9.17, 15) is 4.79 Å². The summed E-state index contributed by atoms with van der Waals surface area (Å²) in [7, 11) is 0. The lowest BCUT2D eigenvalue weighted by molar-refractivity contribution is -0.149. The van der Waals surface area contributed by atoms with Crippen LogP contribution in [0.3, 0.4) is 0 Å². The zero-order valence-electron chi connectivity index (χ0n) is 7.08. The minimum Gasteiger partial charge on any atom is -0.498 e. The Kier molecular flexibility index (Phi) is 3.16. The van der Waals surface area contributed by atoms with Crippen molar-refractivity contribution in [2.75, 3.05) is 6.61 Å². The van der Waals surface area contributed by atoms with Crippen LogP contribution in [0.2, 0.25) is 0 Å². The molecule has 1 rings (SSSR count). The molecule has 0 aliphatic carbocycles. The van der Waals surface area contributed by atoms with Crippen molar-refractivity contribution in [1.82, 2.24) is 0 Å². The van der Waals surface area contributed by atoms with E-state index in [0.717, 1.165) is 0 Å². The molecule has 0 saturated heterocycles. The third-order valence-corrected chi connectivity index (χ3v) is 1.52. The molecule has 13 heavy (non-hydrogen) atoms. The molecule has 0 radical (unpaired) electrons. The summed E-state index contributed by atoms with van der Waals surface area (Å²) < 4.78 is 9.79. The average molecular weight is 183 g/mol. The van der Waals surface area contributed by atoms with Crippen LogP contribution in [0.25, 0.3) is 10.4 Å². The molecule has 0 aromatic heterocycles. The minimum absolute atomic E-state index is 0.222. The molecule has 0 saturated carbocycles. The SMILES string of the molecule is CC(=O)O[C@@H]1COC=C[C@@H]1N=[N+]=[N-]. The number of carbonyl (C=O) groups is 1. The average Bonchev–Trinajstić information content (AvgIpc) is 2.08. The van der Waals surface area contributed by atoms with Crippen molar-refractivity contribution >= 4 is 5.97 Å². The Morgan fingerprint density at radius 2 is 2.62 bits per heavy atom. The van der Waals surface area contributed by atoms with Gasteiger partial charge >= 0.3 is 5.97 Å². The summed E-state index contributed by atoms with van der Waals surface area (Å²) in [6.45, 7) is 1.52. The first kappa shape index (κ1) is 9.41. The van der Waals surface area contributed by atoms with E-state index in [2.05, 4.69) is 10.0 Å². The summed E-state index contributed by atoms with van der Waals surface area (Å²) >= 11 is 0. The van der Waals surface area contributed by atoms with Gasteiger partial charge in [-0.1, -0.05) is 5.11 Å². The Hall–Kier alpha value is -1.68. The predicted octanol–water partition coefficient (Wildman–Crippen LogP) is 1.14. The van der Waals surface area contributed by atoms with Crippen LogP contribution in [0.5, 0.6) is 0 Å². The zero-order valence-corrected chi connectivity index (χ0v) is 7.08. The maximum Gasteiger partial charge on any atom is 0.303 e. The molecule has 0 aromatic rings. The van der Waals surface area contributed by atoms with Gasteiger partial charge in [-0.25, -0.2) is 0 Å². The van der Waals surface area contributed by atoms with Crippen LogP contribution in [-0.4, -0.2) is 24.7 Å². The highest BCUT2D eigenvalue weighted by Crippen LogP contribution is 2.12. The van der Waals surface area contributed by atoms with Crippen molar-refractivity contribution in [1.29, 1.82) is 0 Å². The third kappa shape index (κ3) is 2.68. The molecule has 0 fully saturated rings. The molecule has 70 valence electrons. The van der Waals surface area contributed by atoms with Gasteiger partial charge in [0.1, 0.15) is 12.7 Å². The number of nitrogens with zero attached hydrogens (tertiary/aromatic N) is 3. The molecular formula is C7H9N3O3. The number of ether oxygens (including phenoxy) is 2. The topological polar surface area (TPSA) is 84.3 Å². The van der Waals surface area contributed by atoms with E-state index in [1.807, 2.05) is 0 Å². The summed E-state index contributed by atoms with van der Waals surface area (Å²) in [6, 6.07) is -0.470. The fraction of sp³-hybridized carbons (Fsp3) is 0.571. The van der Waals surface area contributed by atoms with Gasteiger partial charge in [-0.3, -0.25) is 4.79 Å². The highest BCUT2D eigenvalue weighted by Gasteiger charge is 2.24. The second kappa shape index (κ2) is 4.37. The van der Waals surface area contributed by atoms with Crippen molar-refractivity contribution in [2.24, 2.45) is 5.11 Å². The van der Waals surface area contributed by atoms with Crippen LogP contribution in [0, 0.1) is 0 Å². The van der Waals surface area contributed by atoms with E-state index in [1.54, 1.807) is 6.08 Å². The molecule has 0 aromatic carbocycles. The first-order chi connectivity index (χ1) is 6.24. The monoisotopic (exact) mass is 183 g/mol. The minimum atomic E-state index is -0.515. The van der Waals surface area contributed by atoms with Gasteiger partial charge in [-0.05, 0) is 11.6 Å². The van der Waals surface area contributed by atoms with Gasteiger partial charge in [0.25, 0.3) is 0 Å².